The lowest BCUT2D eigenvalue weighted by Crippen LogP contribution is -2.38. The average Bonchev–Trinajstić information content (AvgIpc) is 3.28. The van der Waals surface area contributed by atoms with Gasteiger partial charge >= 0.3 is 0 Å². The number of guanidine groups is 1. The maximum atomic E-state index is 4.50. The highest BCUT2D eigenvalue weighted by Gasteiger charge is 2.09. The number of nitrogens with one attached hydrogen (secondary N) is 2. The van der Waals surface area contributed by atoms with Crippen molar-refractivity contribution < 1.29 is 0 Å². The smallest absolute Gasteiger partial charge is 0.194 e. The van der Waals surface area contributed by atoms with Crippen molar-refractivity contribution in [1.29, 1.82) is 0 Å². The van der Waals surface area contributed by atoms with Gasteiger partial charge in [0.15, 0.2) is 11.8 Å². The number of rotatable bonds is 5. The molecule has 0 amide bonds. The van der Waals surface area contributed by atoms with Gasteiger partial charge in [-0.25, -0.2) is 9.97 Å². The summed E-state index contributed by atoms with van der Waals surface area (Å²) in [6, 6.07) is 8.18. The summed E-state index contributed by atoms with van der Waals surface area (Å²) >= 11 is 1.66. The fourth-order valence-corrected chi connectivity index (χ4v) is 3.14. The standard InChI is InChI=1S/C17H21N7S.HI/c1-12-22-15(10-25-12)9-24(3)17(18-2)19-8-13-5-4-6-14(7-13)16-20-11-21-23-16;/h4-7,10-11H,8-9H2,1-3H3,(H,18,19)(H,20,21,23);1H. The monoisotopic (exact) mass is 483 g/mol. The third-order valence-corrected chi connectivity index (χ3v) is 4.53. The van der Waals surface area contributed by atoms with Crippen molar-refractivity contribution >= 4 is 41.3 Å². The number of aliphatic imine (C=N–C) groups is 1. The molecule has 9 heteroatoms. The summed E-state index contributed by atoms with van der Waals surface area (Å²) in [5.74, 6) is 1.60. The van der Waals surface area contributed by atoms with Crippen molar-refractivity contribution in [2.24, 2.45) is 4.99 Å². The van der Waals surface area contributed by atoms with E-state index >= 15 is 0 Å². The molecule has 0 fully saturated rings. The lowest BCUT2D eigenvalue weighted by Gasteiger charge is -2.21. The van der Waals surface area contributed by atoms with Gasteiger partial charge in [0.1, 0.15) is 6.33 Å². The van der Waals surface area contributed by atoms with E-state index in [-0.39, 0.29) is 24.0 Å². The Morgan fingerprint density at radius 1 is 1.38 bits per heavy atom. The van der Waals surface area contributed by atoms with E-state index in [1.165, 1.54) is 6.33 Å². The number of aromatic amines is 1. The zero-order valence-corrected chi connectivity index (χ0v) is 18.1. The number of H-pyrrole nitrogens is 1. The Morgan fingerprint density at radius 2 is 2.23 bits per heavy atom. The molecular formula is C17H22IN7S. The maximum absolute atomic E-state index is 4.50. The maximum Gasteiger partial charge on any atom is 0.194 e. The van der Waals surface area contributed by atoms with Crippen LogP contribution in [0, 0.1) is 6.92 Å². The van der Waals surface area contributed by atoms with Crippen LogP contribution in [0.5, 0.6) is 0 Å². The van der Waals surface area contributed by atoms with E-state index in [4.69, 9.17) is 0 Å². The number of thiazole rings is 1. The van der Waals surface area contributed by atoms with Gasteiger partial charge in [0.25, 0.3) is 0 Å². The van der Waals surface area contributed by atoms with E-state index in [0.29, 0.717) is 6.54 Å². The van der Waals surface area contributed by atoms with Gasteiger partial charge in [0.05, 0.1) is 17.2 Å². The van der Waals surface area contributed by atoms with Gasteiger partial charge in [-0.2, -0.15) is 5.10 Å². The highest BCUT2D eigenvalue weighted by atomic mass is 127. The minimum atomic E-state index is 0. The summed E-state index contributed by atoms with van der Waals surface area (Å²) < 4.78 is 0. The molecule has 0 unspecified atom stereocenters. The lowest BCUT2D eigenvalue weighted by atomic mass is 10.1. The van der Waals surface area contributed by atoms with Crippen molar-refractivity contribution in [2.75, 3.05) is 14.1 Å². The number of hydrogen-bond donors (Lipinski definition) is 2. The largest absolute Gasteiger partial charge is 0.352 e. The lowest BCUT2D eigenvalue weighted by molar-refractivity contribution is 0.470. The second-order valence-electron chi connectivity index (χ2n) is 5.65. The summed E-state index contributed by atoms with van der Waals surface area (Å²) in [6.07, 6.45) is 1.51. The summed E-state index contributed by atoms with van der Waals surface area (Å²) in [5, 5.41) is 13.3. The minimum Gasteiger partial charge on any atom is -0.352 e. The van der Waals surface area contributed by atoms with Gasteiger partial charge < -0.3 is 10.2 Å². The van der Waals surface area contributed by atoms with Gasteiger partial charge in [-0.1, -0.05) is 18.2 Å². The van der Waals surface area contributed by atoms with Gasteiger partial charge in [0.2, 0.25) is 0 Å². The molecule has 0 aliphatic heterocycles. The second-order valence-corrected chi connectivity index (χ2v) is 6.71. The van der Waals surface area contributed by atoms with Gasteiger partial charge in [-0.3, -0.25) is 10.1 Å². The van der Waals surface area contributed by atoms with E-state index < -0.39 is 0 Å². The first-order chi connectivity index (χ1) is 12.2. The van der Waals surface area contributed by atoms with E-state index in [1.54, 1.807) is 18.4 Å². The van der Waals surface area contributed by atoms with Crippen LogP contribution in [0.25, 0.3) is 11.4 Å². The van der Waals surface area contributed by atoms with Crippen molar-refractivity contribution in [1.82, 2.24) is 30.4 Å². The zero-order valence-electron chi connectivity index (χ0n) is 14.9. The SMILES string of the molecule is CN=C(NCc1cccc(-c2ncn[nH]2)c1)N(C)Cc1csc(C)n1.I. The Kier molecular flexibility index (Phi) is 7.51. The van der Waals surface area contributed by atoms with Crippen LogP contribution in [-0.4, -0.2) is 45.1 Å². The number of aryl methyl sites for hydroxylation is 1. The molecule has 138 valence electrons. The summed E-state index contributed by atoms with van der Waals surface area (Å²) in [4.78, 5) is 15.1. The number of nitrogens with zero attached hydrogens (tertiary/aromatic N) is 5. The molecule has 2 N–H and O–H groups in total. The van der Waals surface area contributed by atoms with Crippen molar-refractivity contribution in [3.63, 3.8) is 0 Å². The zero-order chi connectivity index (χ0) is 17.6. The Balaban J connectivity index is 0.00000243. The van der Waals surface area contributed by atoms with Crippen LogP contribution in [0.1, 0.15) is 16.3 Å². The Bertz CT molecular complexity index is 844. The number of aromatic nitrogens is 4. The van der Waals surface area contributed by atoms with Crippen molar-refractivity contribution in [2.45, 2.75) is 20.0 Å². The first kappa shape index (κ1) is 20.3. The fourth-order valence-electron chi connectivity index (χ4n) is 2.54. The summed E-state index contributed by atoms with van der Waals surface area (Å²) in [5.41, 5.74) is 3.21. The van der Waals surface area contributed by atoms with E-state index in [2.05, 4.69) is 52.9 Å². The molecule has 7 nitrogen and oxygen atoms in total. The van der Waals surface area contributed by atoms with Crippen molar-refractivity contribution in [3.8, 4) is 11.4 Å². The molecule has 0 saturated heterocycles. The van der Waals surface area contributed by atoms with Crippen LogP contribution in [0.2, 0.25) is 0 Å². The molecule has 0 aliphatic carbocycles. The van der Waals surface area contributed by atoms with Crippen LogP contribution in [0.3, 0.4) is 0 Å². The number of halogens is 1. The minimum absolute atomic E-state index is 0. The van der Waals surface area contributed by atoms with Crippen LogP contribution >= 0.6 is 35.3 Å². The second kappa shape index (κ2) is 9.62. The van der Waals surface area contributed by atoms with E-state index in [9.17, 15) is 0 Å². The van der Waals surface area contributed by atoms with E-state index in [0.717, 1.165) is 40.2 Å². The quantitative estimate of drug-likeness (QED) is 0.331. The fraction of sp³-hybridized carbons (Fsp3) is 0.294. The van der Waals surface area contributed by atoms with Crippen LogP contribution in [-0.2, 0) is 13.1 Å². The van der Waals surface area contributed by atoms with Crippen LogP contribution < -0.4 is 5.32 Å². The molecule has 0 saturated carbocycles. The summed E-state index contributed by atoms with van der Waals surface area (Å²) in [7, 11) is 3.80. The predicted octanol–water partition coefficient (Wildman–Crippen LogP) is 3.06. The first-order valence-corrected chi connectivity index (χ1v) is 8.81. The number of benzene rings is 1. The third kappa shape index (κ3) is 5.24. The molecule has 0 radical (unpaired) electrons. The normalized spacial score (nSPS) is 11.1. The molecule has 3 rings (SSSR count). The molecule has 26 heavy (non-hydrogen) atoms. The van der Waals surface area contributed by atoms with Crippen LogP contribution in [0.15, 0.2) is 41.0 Å². The van der Waals surface area contributed by atoms with Crippen molar-refractivity contribution in [3.05, 3.63) is 52.2 Å². The molecular weight excluding hydrogens is 461 g/mol. The molecule has 0 spiro atoms. The summed E-state index contributed by atoms with van der Waals surface area (Å²) in [6.45, 7) is 3.42. The van der Waals surface area contributed by atoms with Crippen LogP contribution in [0.4, 0.5) is 0 Å². The average molecular weight is 483 g/mol. The molecule has 1 aromatic carbocycles. The number of hydrogen-bond acceptors (Lipinski definition) is 5. The topological polar surface area (TPSA) is 82.1 Å². The molecule has 0 aliphatic rings. The Labute approximate surface area is 174 Å². The predicted molar refractivity (Wildman–Crippen MR) is 116 cm³/mol. The van der Waals surface area contributed by atoms with Gasteiger partial charge in [-0.05, 0) is 18.6 Å². The molecule has 0 bridgehead atoms. The molecule has 2 aromatic heterocycles. The Hall–Kier alpha value is -2.01. The highest BCUT2D eigenvalue weighted by Crippen LogP contribution is 2.15. The third-order valence-electron chi connectivity index (χ3n) is 3.71. The Morgan fingerprint density at radius 3 is 2.88 bits per heavy atom. The molecule has 0 atom stereocenters. The first-order valence-electron chi connectivity index (χ1n) is 7.93. The van der Waals surface area contributed by atoms with E-state index in [1.807, 2.05) is 26.1 Å². The highest BCUT2D eigenvalue weighted by molar-refractivity contribution is 14.0. The molecule has 2 heterocycles. The van der Waals surface area contributed by atoms with Gasteiger partial charge in [0, 0.05) is 31.6 Å². The van der Waals surface area contributed by atoms with Gasteiger partial charge in [-0.15, -0.1) is 35.3 Å². The molecule has 3 aromatic rings.